The topological polar surface area (TPSA) is 20.3 Å². The van der Waals surface area contributed by atoms with Crippen LogP contribution in [0.1, 0.15) is 49.5 Å². The van der Waals surface area contributed by atoms with Crippen molar-refractivity contribution in [2.75, 3.05) is 14.1 Å². The number of benzene rings is 1. The summed E-state index contributed by atoms with van der Waals surface area (Å²) in [6.07, 6.45) is 5.72. The van der Waals surface area contributed by atoms with E-state index in [1.54, 1.807) is 0 Å². The Bertz CT molecular complexity index is 600. The molecule has 0 heterocycles. The second kappa shape index (κ2) is 5.88. The van der Waals surface area contributed by atoms with E-state index < -0.39 is 0 Å². The van der Waals surface area contributed by atoms with Gasteiger partial charge in [0.2, 0.25) is 0 Å². The number of likely N-dealkylation sites (N-methyl/N-ethyl adjacent to an activating group) is 1. The quantitative estimate of drug-likeness (QED) is 0.766. The summed E-state index contributed by atoms with van der Waals surface area (Å²) in [5.74, 6) is 0.222. The van der Waals surface area contributed by atoms with E-state index in [-0.39, 0.29) is 11.2 Å². The standard InChI is InChI=1S/C19H25NO/c1-19(2,3)17-9-7-6-8-16(17)18(21)13-14-10-11-15(12-14)20(4)5/h6-9,11-12H,10,13H2,1-5H3. The second-order valence-corrected chi connectivity index (χ2v) is 6.93. The van der Waals surface area contributed by atoms with E-state index in [1.807, 2.05) is 32.3 Å². The summed E-state index contributed by atoms with van der Waals surface area (Å²) in [6.45, 7) is 6.46. The van der Waals surface area contributed by atoms with Crippen LogP contribution in [0.3, 0.4) is 0 Å². The predicted octanol–water partition coefficient (Wildman–Crippen LogP) is 4.33. The monoisotopic (exact) mass is 283 g/mol. The number of Topliss-reactive ketones (excluding diaryl/α,β-unsaturated/α-hetero) is 1. The molecule has 21 heavy (non-hydrogen) atoms. The Morgan fingerprint density at radius 1 is 1.19 bits per heavy atom. The molecule has 0 fully saturated rings. The van der Waals surface area contributed by atoms with E-state index in [9.17, 15) is 4.79 Å². The highest BCUT2D eigenvalue weighted by molar-refractivity contribution is 5.99. The molecule has 112 valence electrons. The van der Waals surface area contributed by atoms with E-state index in [2.05, 4.69) is 43.9 Å². The Morgan fingerprint density at radius 3 is 2.43 bits per heavy atom. The molecule has 0 saturated carbocycles. The SMILES string of the molecule is CN(C)C1=CCC(CC(=O)c2ccccc2C(C)(C)C)=C1. The molecule has 0 bridgehead atoms. The van der Waals surface area contributed by atoms with Crippen molar-refractivity contribution < 1.29 is 4.79 Å². The van der Waals surface area contributed by atoms with Crippen molar-refractivity contribution in [1.29, 1.82) is 0 Å². The third-order valence-electron chi connectivity index (χ3n) is 3.86. The Hall–Kier alpha value is -1.83. The lowest BCUT2D eigenvalue weighted by molar-refractivity contribution is 0.0990. The van der Waals surface area contributed by atoms with Crippen LogP contribution in [0.15, 0.2) is 47.7 Å². The van der Waals surface area contributed by atoms with Gasteiger partial charge in [-0.15, -0.1) is 0 Å². The minimum atomic E-state index is -0.0106. The molecule has 0 aliphatic heterocycles. The number of carbonyl (C=O) groups excluding carboxylic acids is 1. The summed E-state index contributed by atoms with van der Waals surface area (Å²) >= 11 is 0. The zero-order valence-electron chi connectivity index (χ0n) is 13.7. The van der Waals surface area contributed by atoms with Gasteiger partial charge in [0.05, 0.1) is 0 Å². The molecule has 2 heteroatoms. The number of hydrogen-bond acceptors (Lipinski definition) is 2. The molecule has 0 amide bonds. The van der Waals surface area contributed by atoms with E-state index in [4.69, 9.17) is 0 Å². The first kappa shape index (κ1) is 15.6. The highest BCUT2D eigenvalue weighted by Gasteiger charge is 2.22. The zero-order valence-corrected chi connectivity index (χ0v) is 13.7. The smallest absolute Gasteiger partial charge is 0.167 e. The van der Waals surface area contributed by atoms with Crippen molar-refractivity contribution in [3.8, 4) is 0 Å². The summed E-state index contributed by atoms with van der Waals surface area (Å²) in [5.41, 5.74) is 4.39. The molecule has 0 saturated heterocycles. The number of ketones is 1. The summed E-state index contributed by atoms with van der Waals surface area (Å²) in [6, 6.07) is 7.99. The second-order valence-electron chi connectivity index (χ2n) is 6.93. The van der Waals surface area contributed by atoms with Gasteiger partial charge >= 0.3 is 0 Å². The number of rotatable bonds is 4. The molecule has 1 aliphatic carbocycles. The fourth-order valence-electron chi connectivity index (χ4n) is 2.68. The highest BCUT2D eigenvalue weighted by Crippen LogP contribution is 2.29. The molecule has 1 aromatic carbocycles. The predicted molar refractivity (Wildman–Crippen MR) is 88.6 cm³/mol. The summed E-state index contributed by atoms with van der Waals surface area (Å²) in [5, 5.41) is 0. The highest BCUT2D eigenvalue weighted by atomic mass is 16.1. The third kappa shape index (κ3) is 3.63. The van der Waals surface area contributed by atoms with Crippen molar-refractivity contribution in [2.45, 2.75) is 39.0 Å². The Labute approximate surface area is 128 Å². The first-order chi connectivity index (χ1) is 9.79. The number of allylic oxidation sites excluding steroid dienone is 3. The van der Waals surface area contributed by atoms with Crippen molar-refractivity contribution in [3.05, 3.63) is 58.8 Å². The van der Waals surface area contributed by atoms with Gasteiger partial charge in [0.1, 0.15) is 0 Å². The van der Waals surface area contributed by atoms with Crippen molar-refractivity contribution >= 4 is 5.78 Å². The lowest BCUT2D eigenvalue weighted by Crippen LogP contribution is -2.17. The maximum absolute atomic E-state index is 12.7. The van der Waals surface area contributed by atoms with Crippen LogP contribution in [0.5, 0.6) is 0 Å². The molecular formula is C19H25NO. The van der Waals surface area contributed by atoms with Gasteiger partial charge in [-0.2, -0.15) is 0 Å². The minimum absolute atomic E-state index is 0.0106. The summed E-state index contributed by atoms with van der Waals surface area (Å²) in [4.78, 5) is 14.8. The number of nitrogens with zero attached hydrogens (tertiary/aromatic N) is 1. The average molecular weight is 283 g/mol. The molecule has 0 spiro atoms. The molecule has 2 nitrogen and oxygen atoms in total. The molecule has 0 atom stereocenters. The van der Waals surface area contributed by atoms with Gasteiger partial charge in [-0.3, -0.25) is 4.79 Å². The van der Waals surface area contributed by atoms with Crippen LogP contribution in [-0.4, -0.2) is 24.8 Å². The summed E-state index contributed by atoms with van der Waals surface area (Å²) < 4.78 is 0. The molecule has 1 aliphatic rings. The van der Waals surface area contributed by atoms with Gasteiger partial charge in [0.25, 0.3) is 0 Å². The van der Waals surface area contributed by atoms with Crippen molar-refractivity contribution in [3.63, 3.8) is 0 Å². The molecule has 0 radical (unpaired) electrons. The van der Waals surface area contributed by atoms with Crippen LogP contribution >= 0.6 is 0 Å². The Morgan fingerprint density at radius 2 is 1.86 bits per heavy atom. The largest absolute Gasteiger partial charge is 0.378 e. The van der Waals surface area contributed by atoms with Gasteiger partial charge in [-0.25, -0.2) is 0 Å². The fraction of sp³-hybridized carbons (Fsp3) is 0.421. The minimum Gasteiger partial charge on any atom is -0.378 e. The average Bonchev–Trinajstić information content (AvgIpc) is 2.86. The maximum atomic E-state index is 12.7. The lowest BCUT2D eigenvalue weighted by Gasteiger charge is -2.22. The Kier molecular flexibility index (Phi) is 4.36. The first-order valence-corrected chi connectivity index (χ1v) is 7.48. The number of carbonyl (C=O) groups is 1. The van der Waals surface area contributed by atoms with E-state index in [0.29, 0.717) is 6.42 Å². The van der Waals surface area contributed by atoms with Crippen molar-refractivity contribution in [1.82, 2.24) is 4.90 Å². The van der Waals surface area contributed by atoms with Gasteiger partial charge in [0.15, 0.2) is 5.78 Å². The zero-order chi connectivity index (χ0) is 15.6. The lowest BCUT2D eigenvalue weighted by atomic mass is 9.82. The normalized spacial score (nSPS) is 14.7. The molecule has 0 aromatic heterocycles. The summed E-state index contributed by atoms with van der Waals surface area (Å²) in [7, 11) is 4.06. The van der Waals surface area contributed by atoms with E-state index in [0.717, 1.165) is 17.5 Å². The molecule has 1 aromatic rings. The van der Waals surface area contributed by atoms with Gasteiger partial charge in [-0.1, -0.05) is 56.7 Å². The van der Waals surface area contributed by atoms with Crippen molar-refractivity contribution in [2.24, 2.45) is 0 Å². The van der Waals surface area contributed by atoms with E-state index >= 15 is 0 Å². The first-order valence-electron chi connectivity index (χ1n) is 7.48. The maximum Gasteiger partial charge on any atom is 0.167 e. The van der Waals surface area contributed by atoms with Gasteiger partial charge in [0, 0.05) is 31.8 Å². The van der Waals surface area contributed by atoms with Crippen LogP contribution in [0.4, 0.5) is 0 Å². The molecular weight excluding hydrogens is 258 g/mol. The third-order valence-corrected chi connectivity index (χ3v) is 3.86. The molecule has 0 N–H and O–H groups in total. The van der Waals surface area contributed by atoms with Gasteiger partial charge < -0.3 is 4.90 Å². The molecule has 2 rings (SSSR count). The van der Waals surface area contributed by atoms with Gasteiger partial charge in [-0.05, 0) is 23.5 Å². The van der Waals surface area contributed by atoms with Crippen LogP contribution in [0.25, 0.3) is 0 Å². The van der Waals surface area contributed by atoms with Crippen LogP contribution in [0, 0.1) is 0 Å². The molecule has 0 unspecified atom stereocenters. The van der Waals surface area contributed by atoms with Crippen LogP contribution in [-0.2, 0) is 5.41 Å². The van der Waals surface area contributed by atoms with Crippen LogP contribution < -0.4 is 0 Å². The van der Waals surface area contributed by atoms with Crippen LogP contribution in [0.2, 0.25) is 0 Å². The number of hydrogen-bond donors (Lipinski definition) is 0. The Balaban J connectivity index is 2.18. The van der Waals surface area contributed by atoms with E-state index in [1.165, 1.54) is 11.3 Å². The fourth-order valence-corrected chi connectivity index (χ4v) is 2.68.